The quantitative estimate of drug-likeness (QED) is 0.527. The highest BCUT2D eigenvalue weighted by atomic mass is 16.5. The Labute approximate surface area is 178 Å². The maximum Gasteiger partial charge on any atom is 0.252 e. The maximum atomic E-state index is 13.3. The second kappa shape index (κ2) is 10.5. The minimum absolute atomic E-state index is 0.00492. The average Bonchev–Trinajstić information content (AvgIpc) is 3.25. The smallest absolute Gasteiger partial charge is 0.252 e. The summed E-state index contributed by atoms with van der Waals surface area (Å²) in [6.45, 7) is 7.14. The number of benzene rings is 1. The van der Waals surface area contributed by atoms with E-state index in [9.17, 15) is 15.0 Å². The summed E-state index contributed by atoms with van der Waals surface area (Å²) in [6, 6.07) is 7.86. The lowest BCUT2D eigenvalue weighted by Crippen LogP contribution is -2.61. The molecular formula is C23H33NO6. The minimum Gasteiger partial charge on any atom is -0.390 e. The van der Waals surface area contributed by atoms with Crippen LogP contribution >= 0.6 is 0 Å². The summed E-state index contributed by atoms with van der Waals surface area (Å²) in [7, 11) is 0. The molecule has 1 amide bonds. The second-order valence-corrected chi connectivity index (χ2v) is 8.24. The SMILES string of the molecule is C=CCO[C@H]1C[C@](OCc2cccc(C)c2)(C(=O)NC[C@@H]2CCCO2)C[C@@H](O)[C@H]1O. The molecule has 5 atom stereocenters. The number of hydrogen-bond acceptors (Lipinski definition) is 6. The summed E-state index contributed by atoms with van der Waals surface area (Å²) < 4.78 is 17.4. The van der Waals surface area contributed by atoms with Gasteiger partial charge in [0.05, 0.1) is 31.5 Å². The van der Waals surface area contributed by atoms with E-state index in [0.29, 0.717) is 13.2 Å². The molecule has 2 fully saturated rings. The molecule has 0 radical (unpaired) electrons. The second-order valence-electron chi connectivity index (χ2n) is 8.24. The molecule has 1 heterocycles. The van der Waals surface area contributed by atoms with Gasteiger partial charge in [-0.05, 0) is 25.3 Å². The van der Waals surface area contributed by atoms with Crippen LogP contribution < -0.4 is 5.32 Å². The Kier molecular flexibility index (Phi) is 8.02. The fraction of sp³-hybridized carbons (Fsp3) is 0.609. The van der Waals surface area contributed by atoms with Crippen molar-refractivity contribution < 1.29 is 29.2 Å². The van der Waals surface area contributed by atoms with Crippen LogP contribution in [0.1, 0.15) is 36.8 Å². The molecule has 166 valence electrons. The summed E-state index contributed by atoms with van der Waals surface area (Å²) in [6.07, 6.45) is 0.620. The molecule has 1 aromatic rings. The monoisotopic (exact) mass is 419 g/mol. The summed E-state index contributed by atoms with van der Waals surface area (Å²) in [5.41, 5.74) is 0.720. The highest BCUT2D eigenvalue weighted by molar-refractivity contribution is 5.85. The van der Waals surface area contributed by atoms with Crippen LogP contribution in [0.2, 0.25) is 0 Å². The molecule has 1 aliphatic carbocycles. The lowest BCUT2D eigenvalue weighted by molar-refractivity contribution is -0.196. The van der Waals surface area contributed by atoms with Crippen molar-refractivity contribution in [2.75, 3.05) is 19.8 Å². The molecule has 1 aromatic carbocycles. The first kappa shape index (κ1) is 22.9. The van der Waals surface area contributed by atoms with E-state index in [-0.39, 0.29) is 38.1 Å². The van der Waals surface area contributed by atoms with Gasteiger partial charge >= 0.3 is 0 Å². The molecule has 0 spiro atoms. The number of carbonyl (C=O) groups excluding carboxylic acids is 1. The first-order valence-corrected chi connectivity index (χ1v) is 10.6. The zero-order chi connectivity index (χ0) is 21.6. The third kappa shape index (κ3) is 5.68. The van der Waals surface area contributed by atoms with Gasteiger partial charge in [-0.15, -0.1) is 6.58 Å². The Balaban J connectivity index is 1.76. The van der Waals surface area contributed by atoms with Crippen LogP contribution in [0.25, 0.3) is 0 Å². The van der Waals surface area contributed by atoms with Gasteiger partial charge in [0.15, 0.2) is 5.60 Å². The van der Waals surface area contributed by atoms with Gasteiger partial charge < -0.3 is 29.7 Å². The van der Waals surface area contributed by atoms with Gasteiger partial charge in [-0.2, -0.15) is 0 Å². The van der Waals surface area contributed by atoms with Crippen molar-refractivity contribution in [3.8, 4) is 0 Å². The van der Waals surface area contributed by atoms with Crippen LogP contribution in [-0.2, 0) is 25.6 Å². The Morgan fingerprint density at radius 1 is 1.40 bits per heavy atom. The summed E-state index contributed by atoms with van der Waals surface area (Å²) in [5, 5.41) is 23.8. The molecule has 3 N–H and O–H groups in total. The van der Waals surface area contributed by atoms with Gasteiger partial charge in [0.2, 0.25) is 0 Å². The zero-order valence-corrected chi connectivity index (χ0v) is 17.6. The molecule has 0 aromatic heterocycles. The molecular weight excluding hydrogens is 386 g/mol. The van der Waals surface area contributed by atoms with E-state index in [1.807, 2.05) is 31.2 Å². The Morgan fingerprint density at radius 2 is 2.23 bits per heavy atom. The number of amides is 1. The van der Waals surface area contributed by atoms with Crippen molar-refractivity contribution in [3.05, 3.63) is 48.0 Å². The third-order valence-corrected chi connectivity index (χ3v) is 5.80. The summed E-state index contributed by atoms with van der Waals surface area (Å²) >= 11 is 0. The van der Waals surface area contributed by atoms with Crippen molar-refractivity contribution in [1.82, 2.24) is 5.32 Å². The molecule has 1 saturated carbocycles. The molecule has 1 saturated heterocycles. The number of nitrogens with one attached hydrogen (secondary N) is 1. The lowest BCUT2D eigenvalue weighted by atomic mass is 9.78. The summed E-state index contributed by atoms with van der Waals surface area (Å²) in [5.74, 6) is -0.316. The number of aliphatic hydroxyl groups is 2. The number of carbonyl (C=O) groups is 1. The molecule has 1 aliphatic heterocycles. The molecule has 3 rings (SSSR count). The van der Waals surface area contributed by atoms with Crippen LogP contribution in [0.15, 0.2) is 36.9 Å². The number of aliphatic hydroxyl groups excluding tert-OH is 2. The number of ether oxygens (including phenoxy) is 3. The first-order chi connectivity index (χ1) is 14.4. The largest absolute Gasteiger partial charge is 0.390 e. The van der Waals surface area contributed by atoms with Gasteiger partial charge in [-0.25, -0.2) is 0 Å². The topological polar surface area (TPSA) is 97.3 Å². The molecule has 2 aliphatic rings. The average molecular weight is 420 g/mol. The Morgan fingerprint density at radius 3 is 2.93 bits per heavy atom. The third-order valence-electron chi connectivity index (χ3n) is 5.80. The molecule has 7 nitrogen and oxygen atoms in total. The molecule has 30 heavy (non-hydrogen) atoms. The van der Waals surface area contributed by atoms with Crippen LogP contribution in [0.3, 0.4) is 0 Å². The van der Waals surface area contributed by atoms with E-state index >= 15 is 0 Å². The van der Waals surface area contributed by atoms with Gasteiger partial charge in [-0.1, -0.05) is 35.9 Å². The van der Waals surface area contributed by atoms with E-state index in [4.69, 9.17) is 14.2 Å². The van der Waals surface area contributed by atoms with E-state index in [0.717, 1.165) is 24.0 Å². The summed E-state index contributed by atoms with van der Waals surface area (Å²) in [4.78, 5) is 13.3. The van der Waals surface area contributed by atoms with Crippen molar-refractivity contribution in [2.45, 2.75) is 69.2 Å². The molecule has 0 unspecified atom stereocenters. The minimum atomic E-state index is -1.31. The highest BCUT2D eigenvalue weighted by Gasteiger charge is 2.51. The molecule has 0 bridgehead atoms. The van der Waals surface area contributed by atoms with Crippen molar-refractivity contribution in [1.29, 1.82) is 0 Å². The normalized spacial score (nSPS) is 31.4. The highest BCUT2D eigenvalue weighted by Crippen LogP contribution is 2.35. The predicted octanol–water partition coefficient (Wildman–Crippen LogP) is 1.63. The number of aryl methyl sites for hydroxylation is 1. The van der Waals surface area contributed by atoms with Crippen LogP contribution in [0, 0.1) is 6.92 Å². The van der Waals surface area contributed by atoms with E-state index in [1.165, 1.54) is 0 Å². The predicted molar refractivity (Wildman–Crippen MR) is 112 cm³/mol. The molecule has 7 heteroatoms. The van der Waals surface area contributed by atoms with E-state index in [1.54, 1.807) is 6.08 Å². The van der Waals surface area contributed by atoms with Crippen molar-refractivity contribution in [2.24, 2.45) is 0 Å². The Bertz CT molecular complexity index is 719. The van der Waals surface area contributed by atoms with Gasteiger partial charge in [0, 0.05) is 26.0 Å². The van der Waals surface area contributed by atoms with Crippen LogP contribution in [-0.4, -0.2) is 65.9 Å². The van der Waals surface area contributed by atoms with Gasteiger partial charge in [0.1, 0.15) is 6.10 Å². The zero-order valence-electron chi connectivity index (χ0n) is 17.6. The fourth-order valence-electron chi connectivity index (χ4n) is 4.15. The van der Waals surface area contributed by atoms with Gasteiger partial charge in [0.25, 0.3) is 5.91 Å². The van der Waals surface area contributed by atoms with Crippen LogP contribution in [0.4, 0.5) is 0 Å². The number of rotatable bonds is 9. The number of hydrogen-bond donors (Lipinski definition) is 3. The van der Waals surface area contributed by atoms with E-state index < -0.39 is 23.9 Å². The maximum absolute atomic E-state index is 13.3. The first-order valence-electron chi connectivity index (χ1n) is 10.6. The lowest BCUT2D eigenvalue weighted by Gasteiger charge is -2.43. The fourth-order valence-corrected chi connectivity index (χ4v) is 4.15. The standard InChI is InChI=1S/C23H33NO6/c1-3-9-29-20-13-23(12-19(25)21(20)26,22(27)24-14-18-8-5-10-28-18)30-15-17-7-4-6-16(2)11-17/h3-4,6-7,11,18-21,25-26H,1,5,8-10,12-15H2,2H3,(H,24,27)/t18-,19+,20-,21+,23-/m0/s1. The Hall–Kier alpha value is -1.77. The van der Waals surface area contributed by atoms with Gasteiger partial charge in [-0.3, -0.25) is 4.79 Å². The van der Waals surface area contributed by atoms with Crippen molar-refractivity contribution >= 4 is 5.91 Å². The van der Waals surface area contributed by atoms with Crippen LogP contribution in [0.5, 0.6) is 0 Å². The van der Waals surface area contributed by atoms with Crippen molar-refractivity contribution in [3.63, 3.8) is 0 Å². The van der Waals surface area contributed by atoms with E-state index in [2.05, 4.69) is 11.9 Å².